The van der Waals surface area contributed by atoms with E-state index in [1.54, 1.807) is 53.4 Å². The molecule has 33 heavy (non-hydrogen) atoms. The molecule has 176 valence electrons. The molecule has 0 unspecified atom stereocenters. The summed E-state index contributed by atoms with van der Waals surface area (Å²) in [6.45, 7) is 4.92. The van der Waals surface area contributed by atoms with Crippen LogP contribution in [0.2, 0.25) is 10.0 Å². The summed E-state index contributed by atoms with van der Waals surface area (Å²) < 4.78 is 0. The third-order valence-corrected chi connectivity index (χ3v) is 6.66. The van der Waals surface area contributed by atoms with Gasteiger partial charge < -0.3 is 15.5 Å². The van der Waals surface area contributed by atoms with Crippen LogP contribution in [0.25, 0.3) is 0 Å². The van der Waals surface area contributed by atoms with Gasteiger partial charge in [-0.1, -0.05) is 42.3 Å². The van der Waals surface area contributed by atoms with Crippen molar-refractivity contribution >= 4 is 40.9 Å². The van der Waals surface area contributed by atoms with Crippen LogP contribution in [-0.4, -0.2) is 47.8 Å². The van der Waals surface area contributed by atoms with Crippen molar-refractivity contribution in [3.8, 4) is 0 Å². The lowest BCUT2D eigenvalue weighted by Gasteiger charge is -2.36. The molecular formula is C25H29Cl2N3O3. The van der Waals surface area contributed by atoms with E-state index in [2.05, 4.69) is 10.6 Å². The monoisotopic (exact) mass is 489 g/mol. The predicted molar refractivity (Wildman–Crippen MR) is 131 cm³/mol. The summed E-state index contributed by atoms with van der Waals surface area (Å²) in [6.07, 6.45) is 1.98. The Bertz CT molecular complexity index is 989. The molecule has 0 aromatic heterocycles. The van der Waals surface area contributed by atoms with Gasteiger partial charge in [0, 0.05) is 29.7 Å². The minimum Gasteiger partial charge on any atom is -0.352 e. The lowest BCUT2D eigenvalue weighted by atomic mass is 9.88. The zero-order valence-electron chi connectivity index (χ0n) is 18.8. The molecule has 3 rings (SSSR count). The van der Waals surface area contributed by atoms with Crippen molar-refractivity contribution in [3.05, 3.63) is 69.7 Å². The fourth-order valence-corrected chi connectivity index (χ4v) is 4.25. The minimum atomic E-state index is -0.712. The van der Waals surface area contributed by atoms with Crippen LogP contribution in [0.5, 0.6) is 0 Å². The smallest absolute Gasteiger partial charge is 0.253 e. The van der Waals surface area contributed by atoms with Crippen LogP contribution in [0.1, 0.15) is 53.8 Å². The van der Waals surface area contributed by atoms with Gasteiger partial charge in [-0.25, -0.2) is 0 Å². The molecule has 0 aliphatic carbocycles. The van der Waals surface area contributed by atoms with E-state index in [1.165, 1.54) is 0 Å². The lowest BCUT2D eigenvalue weighted by molar-refractivity contribution is -0.125. The van der Waals surface area contributed by atoms with Gasteiger partial charge in [-0.15, -0.1) is 0 Å². The molecule has 6 nitrogen and oxygen atoms in total. The molecule has 1 aliphatic heterocycles. The van der Waals surface area contributed by atoms with Crippen molar-refractivity contribution < 1.29 is 14.4 Å². The zero-order valence-corrected chi connectivity index (χ0v) is 20.3. The topological polar surface area (TPSA) is 78.5 Å². The molecule has 1 aliphatic rings. The van der Waals surface area contributed by atoms with Crippen LogP contribution < -0.4 is 10.6 Å². The fourth-order valence-electron chi connectivity index (χ4n) is 3.91. The average Bonchev–Trinajstić information content (AvgIpc) is 2.82. The largest absolute Gasteiger partial charge is 0.352 e. The zero-order chi connectivity index (χ0) is 24.0. The van der Waals surface area contributed by atoms with Gasteiger partial charge in [0.25, 0.3) is 11.8 Å². The van der Waals surface area contributed by atoms with E-state index in [4.69, 9.17) is 23.2 Å². The number of nitrogens with one attached hydrogen (secondary N) is 2. The minimum absolute atomic E-state index is 0.0104. The van der Waals surface area contributed by atoms with Crippen molar-refractivity contribution in [1.82, 2.24) is 15.5 Å². The molecule has 2 N–H and O–H groups in total. The van der Waals surface area contributed by atoms with Gasteiger partial charge in [-0.3, -0.25) is 14.4 Å². The number of hydrogen-bond acceptors (Lipinski definition) is 3. The number of benzene rings is 2. The summed E-state index contributed by atoms with van der Waals surface area (Å²) in [5, 5.41) is 6.80. The Morgan fingerprint density at radius 3 is 2.24 bits per heavy atom. The Morgan fingerprint density at radius 2 is 1.64 bits per heavy atom. The molecule has 0 saturated carbocycles. The van der Waals surface area contributed by atoms with E-state index in [0.717, 1.165) is 6.42 Å². The third kappa shape index (κ3) is 6.49. The standard InChI is InChI=1S/C25H29Cl2N3O3/c1-3-16(2)28-24(32)22(29-23(31)20-6-4-5-7-21(20)27)17-12-14-30(15-13-17)25(33)18-8-10-19(26)11-9-18/h4-11,16-17,22H,3,12-15H2,1-2H3,(H,28,32)(H,29,31)/t16-,22+/m1/s1. The summed E-state index contributed by atoms with van der Waals surface area (Å²) in [5.74, 6) is -0.766. The van der Waals surface area contributed by atoms with Gasteiger partial charge in [0.15, 0.2) is 0 Å². The molecule has 3 amide bonds. The Kier molecular flexibility index (Phi) is 8.75. The van der Waals surface area contributed by atoms with Gasteiger partial charge in [0.2, 0.25) is 5.91 Å². The number of carbonyl (C=O) groups excluding carboxylic acids is 3. The lowest BCUT2D eigenvalue weighted by Crippen LogP contribution is -2.55. The van der Waals surface area contributed by atoms with Crippen LogP contribution in [0, 0.1) is 5.92 Å². The van der Waals surface area contributed by atoms with Crippen molar-refractivity contribution in [2.75, 3.05) is 13.1 Å². The molecule has 0 bridgehead atoms. The molecule has 0 spiro atoms. The van der Waals surface area contributed by atoms with E-state index >= 15 is 0 Å². The summed E-state index contributed by atoms with van der Waals surface area (Å²) in [5.41, 5.74) is 0.909. The van der Waals surface area contributed by atoms with Crippen molar-refractivity contribution in [3.63, 3.8) is 0 Å². The van der Waals surface area contributed by atoms with Crippen LogP contribution in [0.4, 0.5) is 0 Å². The first-order valence-corrected chi connectivity index (χ1v) is 12.0. The summed E-state index contributed by atoms with van der Waals surface area (Å²) in [6, 6.07) is 12.9. The highest BCUT2D eigenvalue weighted by Crippen LogP contribution is 2.24. The molecule has 1 fully saturated rings. The molecule has 1 saturated heterocycles. The highest BCUT2D eigenvalue weighted by molar-refractivity contribution is 6.33. The SMILES string of the molecule is CC[C@@H](C)NC(=O)[C@@H](NC(=O)c1ccccc1Cl)C1CCN(C(=O)c2ccc(Cl)cc2)CC1. The maximum absolute atomic E-state index is 13.1. The highest BCUT2D eigenvalue weighted by Gasteiger charge is 2.34. The van der Waals surface area contributed by atoms with E-state index in [1.807, 2.05) is 13.8 Å². The number of rotatable bonds is 7. The van der Waals surface area contributed by atoms with Gasteiger partial charge >= 0.3 is 0 Å². The van der Waals surface area contributed by atoms with Gasteiger partial charge in [0.1, 0.15) is 6.04 Å². The molecule has 2 atom stereocenters. The first-order chi connectivity index (χ1) is 15.8. The average molecular weight is 490 g/mol. The Labute approximate surface area is 204 Å². The van der Waals surface area contributed by atoms with Gasteiger partial charge in [0.05, 0.1) is 10.6 Å². The van der Waals surface area contributed by atoms with Crippen molar-refractivity contribution in [1.29, 1.82) is 0 Å². The van der Waals surface area contributed by atoms with Crippen molar-refractivity contribution in [2.24, 2.45) is 5.92 Å². The number of nitrogens with zero attached hydrogens (tertiary/aromatic N) is 1. The summed E-state index contributed by atoms with van der Waals surface area (Å²) >= 11 is 12.1. The normalized spacial score (nSPS) is 16.1. The van der Waals surface area contributed by atoms with Gasteiger partial charge in [-0.2, -0.15) is 0 Å². The maximum Gasteiger partial charge on any atom is 0.253 e. The van der Waals surface area contributed by atoms with Crippen LogP contribution in [0.3, 0.4) is 0 Å². The Morgan fingerprint density at radius 1 is 1.00 bits per heavy atom. The second kappa shape index (κ2) is 11.5. The molecule has 2 aromatic rings. The molecule has 0 radical (unpaired) electrons. The number of halogens is 2. The van der Waals surface area contributed by atoms with Crippen molar-refractivity contribution in [2.45, 2.75) is 45.2 Å². The second-order valence-corrected chi connectivity index (χ2v) is 9.23. The predicted octanol–water partition coefficient (Wildman–Crippen LogP) is 4.56. The molecule has 1 heterocycles. The fraction of sp³-hybridized carbons (Fsp3) is 0.400. The molecule has 2 aromatic carbocycles. The van der Waals surface area contributed by atoms with E-state index in [0.29, 0.717) is 47.1 Å². The number of piperidine rings is 1. The Hall–Kier alpha value is -2.57. The van der Waals surface area contributed by atoms with E-state index in [-0.39, 0.29) is 29.7 Å². The third-order valence-electron chi connectivity index (χ3n) is 6.08. The number of carbonyl (C=O) groups is 3. The quantitative estimate of drug-likeness (QED) is 0.598. The highest BCUT2D eigenvalue weighted by atomic mass is 35.5. The maximum atomic E-state index is 13.1. The van der Waals surface area contributed by atoms with Crippen LogP contribution >= 0.6 is 23.2 Å². The first kappa shape index (κ1) is 25.1. The second-order valence-electron chi connectivity index (χ2n) is 8.39. The summed E-state index contributed by atoms with van der Waals surface area (Å²) in [7, 11) is 0. The number of likely N-dealkylation sites (tertiary alicyclic amines) is 1. The van der Waals surface area contributed by atoms with Gasteiger partial charge in [-0.05, 0) is 68.5 Å². The van der Waals surface area contributed by atoms with Crippen LogP contribution in [0.15, 0.2) is 48.5 Å². The first-order valence-electron chi connectivity index (χ1n) is 11.2. The number of amides is 3. The van der Waals surface area contributed by atoms with E-state index in [9.17, 15) is 14.4 Å². The molecular weight excluding hydrogens is 461 g/mol. The van der Waals surface area contributed by atoms with Crippen LogP contribution in [-0.2, 0) is 4.79 Å². The summed E-state index contributed by atoms with van der Waals surface area (Å²) in [4.78, 5) is 40.6. The van der Waals surface area contributed by atoms with E-state index < -0.39 is 6.04 Å². The number of hydrogen-bond donors (Lipinski definition) is 2. The molecule has 8 heteroatoms. The Balaban J connectivity index is 1.71.